The first-order valence-electron chi connectivity index (χ1n) is 7.37. The SMILES string of the molecule is CCCNCc1ccnn1Cc1ncc(C)c(OC)c1C. The van der Waals surface area contributed by atoms with Crippen molar-refractivity contribution in [3.8, 4) is 5.75 Å². The molecule has 1 N–H and O–H groups in total. The zero-order valence-corrected chi connectivity index (χ0v) is 13.3. The molecule has 0 spiro atoms. The lowest BCUT2D eigenvalue weighted by Gasteiger charge is -2.13. The van der Waals surface area contributed by atoms with Gasteiger partial charge in [-0.25, -0.2) is 0 Å². The van der Waals surface area contributed by atoms with E-state index < -0.39 is 0 Å². The molecule has 2 aromatic rings. The molecular formula is C16H24N4O. The predicted molar refractivity (Wildman–Crippen MR) is 83.6 cm³/mol. The van der Waals surface area contributed by atoms with Gasteiger partial charge in [-0.15, -0.1) is 0 Å². The van der Waals surface area contributed by atoms with Crippen molar-refractivity contribution in [1.82, 2.24) is 20.1 Å². The van der Waals surface area contributed by atoms with Crippen LogP contribution in [-0.4, -0.2) is 28.4 Å². The maximum atomic E-state index is 5.46. The van der Waals surface area contributed by atoms with Gasteiger partial charge in [0.2, 0.25) is 0 Å². The van der Waals surface area contributed by atoms with Gasteiger partial charge in [-0.05, 0) is 32.9 Å². The van der Waals surface area contributed by atoms with Gasteiger partial charge in [-0.1, -0.05) is 6.92 Å². The van der Waals surface area contributed by atoms with E-state index in [-0.39, 0.29) is 0 Å². The lowest BCUT2D eigenvalue weighted by atomic mass is 10.1. The van der Waals surface area contributed by atoms with Crippen LogP contribution in [0.3, 0.4) is 0 Å². The molecule has 2 rings (SSSR count). The van der Waals surface area contributed by atoms with E-state index in [9.17, 15) is 0 Å². The number of rotatable bonds is 7. The highest BCUT2D eigenvalue weighted by molar-refractivity contribution is 5.41. The Hall–Kier alpha value is -1.88. The lowest BCUT2D eigenvalue weighted by Crippen LogP contribution is -2.18. The Morgan fingerprint density at radius 2 is 2.14 bits per heavy atom. The minimum Gasteiger partial charge on any atom is -0.496 e. The van der Waals surface area contributed by atoms with E-state index in [4.69, 9.17) is 4.74 Å². The third kappa shape index (κ3) is 3.61. The molecule has 0 fully saturated rings. The van der Waals surface area contributed by atoms with Crippen LogP contribution in [0.25, 0.3) is 0 Å². The van der Waals surface area contributed by atoms with Crippen LogP contribution in [0.4, 0.5) is 0 Å². The van der Waals surface area contributed by atoms with Crippen molar-refractivity contribution in [3.63, 3.8) is 0 Å². The first-order chi connectivity index (χ1) is 10.2. The number of hydrogen-bond acceptors (Lipinski definition) is 4. The van der Waals surface area contributed by atoms with Gasteiger partial charge in [0.1, 0.15) is 5.75 Å². The number of pyridine rings is 1. The quantitative estimate of drug-likeness (QED) is 0.795. The smallest absolute Gasteiger partial charge is 0.128 e. The third-order valence-electron chi connectivity index (χ3n) is 3.59. The molecule has 0 radical (unpaired) electrons. The molecule has 0 aliphatic heterocycles. The average Bonchev–Trinajstić information content (AvgIpc) is 2.90. The number of aromatic nitrogens is 3. The summed E-state index contributed by atoms with van der Waals surface area (Å²) in [4.78, 5) is 4.54. The second kappa shape index (κ2) is 7.22. The van der Waals surface area contributed by atoms with Crippen molar-refractivity contribution in [2.45, 2.75) is 40.3 Å². The molecule has 0 aliphatic rings. The molecule has 5 heteroatoms. The van der Waals surface area contributed by atoms with Crippen LogP contribution in [0, 0.1) is 13.8 Å². The molecule has 21 heavy (non-hydrogen) atoms. The first kappa shape index (κ1) is 15.5. The summed E-state index contributed by atoms with van der Waals surface area (Å²) in [5.74, 6) is 0.915. The van der Waals surface area contributed by atoms with E-state index in [0.717, 1.165) is 42.1 Å². The summed E-state index contributed by atoms with van der Waals surface area (Å²) in [7, 11) is 1.70. The van der Waals surface area contributed by atoms with Gasteiger partial charge in [0.15, 0.2) is 0 Å². The first-order valence-corrected chi connectivity index (χ1v) is 7.37. The lowest BCUT2D eigenvalue weighted by molar-refractivity contribution is 0.406. The average molecular weight is 288 g/mol. The van der Waals surface area contributed by atoms with Crippen LogP contribution in [-0.2, 0) is 13.1 Å². The summed E-state index contributed by atoms with van der Waals surface area (Å²) < 4.78 is 7.46. The van der Waals surface area contributed by atoms with Gasteiger partial charge >= 0.3 is 0 Å². The monoisotopic (exact) mass is 288 g/mol. The summed E-state index contributed by atoms with van der Waals surface area (Å²) in [6.07, 6.45) is 4.83. The fourth-order valence-electron chi connectivity index (χ4n) is 2.42. The van der Waals surface area contributed by atoms with Gasteiger partial charge in [0.25, 0.3) is 0 Å². The van der Waals surface area contributed by atoms with E-state index in [1.807, 2.05) is 37.0 Å². The van der Waals surface area contributed by atoms with Crippen LogP contribution in [0.5, 0.6) is 5.75 Å². The Balaban J connectivity index is 2.17. The Morgan fingerprint density at radius 3 is 2.86 bits per heavy atom. The zero-order chi connectivity index (χ0) is 15.2. The minimum absolute atomic E-state index is 0.665. The molecule has 0 saturated heterocycles. The Morgan fingerprint density at radius 1 is 1.33 bits per heavy atom. The van der Waals surface area contributed by atoms with E-state index >= 15 is 0 Å². The molecule has 0 aliphatic carbocycles. The molecule has 0 atom stereocenters. The Kier molecular flexibility index (Phi) is 5.33. The second-order valence-corrected chi connectivity index (χ2v) is 5.20. The van der Waals surface area contributed by atoms with Crippen LogP contribution in [0.15, 0.2) is 18.5 Å². The number of ether oxygens (including phenoxy) is 1. The minimum atomic E-state index is 0.665. The number of aryl methyl sites for hydroxylation is 1. The van der Waals surface area contributed by atoms with Crippen molar-refractivity contribution >= 4 is 0 Å². The van der Waals surface area contributed by atoms with Crippen LogP contribution in [0.1, 0.15) is 35.9 Å². The fourth-order valence-corrected chi connectivity index (χ4v) is 2.42. The molecular weight excluding hydrogens is 264 g/mol. The molecule has 0 unspecified atom stereocenters. The summed E-state index contributed by atoms with van der Waals surface area (Å²) in [6.45, 7) is 8.73. The van der Waals surface area contributed by atoms with E-state index in [2.05, 4.69) is 22.3 Å². The molecule has 0 saturated carbocycles. The van der Waals surface area contributed by atoms with Crippen LogP contribution >= 0.6 is 0 Å². The highest BCUT2D eigenvalue weighted by atomic mass is 16.5. The Labute approximate surface area is 126 Å². The van der Waals surface area contributed by atoms with Crippen LogP contribution < -0.4 is 10.1 Å². The molecule has 2 aromatic heterocycles. The number of nitrogens with zero attached hydrogens (tertiary/aromatic N) is 3. The molecule has 0 amide bonds. The molecule has 2 heterocycles. The van der Waals surface area contributed by atoms with Crippen LogP contribution in [0.2, 0.25) is 0 Å². The van der Waals surface area contributed by atoms with E-state index in [0.29, 0.717) is 6.54 Å². The predicted octanol–water partition coefficient (Wildman–Crippen LogP) is 2.45. The van der Waals surface area contributed by atoms with Crippen molar-refractivity contribution < 1.29 is 4.74 Å². The van der Waals surface area contributed by atoms with E-state index in [1.165, 1.54) is 5.69 Å². The number of nitrogens with one attached hydrogen (secondary N) is 1. The van der Waals surface area contributed by atoms with Crippen molar-refractivity contribution in [2.75, 3.05) is 13.7 Å². The number of methoxy groups -OCH3 is 1. The van der Waals surface area contributed by atoms with Gasteiger partial charge < -0.3 is 10.1 Å². The van der Waals surface area contributed by atoms with Gasteiger partial charge in [0.05, 0.1) is 25.0 Å². The standard InChI is InChI=1S/C16H24N4O/c1-5-7-17-10-14-6-8-19-20(14)11-15-13(3)16(21-4)12(2)9-18-15/h6,8-9,17H,5,7,10-11H2,1-4H3. The molecule has 0 bridgehead atoms. The van der Waals surface area contributed by atoms with Crippen molar-refractivity contribution in [2.24, 2.45) is 0 Å². The van der Waals surface area contributed by atoms with Crippen molar-refractivity contribution in [1.29, 1.82) is 0 Å². The van der Waals surface area contributed by atoms with Crippen molar-refractivity contribution in [3.05, 3.63) is 41.0 Å². The fraction of sp³-hybridized carbons (Fsp3) is 0.500. The second-order valence-electron chi connectivity index (χ2n) is 5.20. The summed E-state index contributed by atoms with van der Waals surface area (Å²) in [5, 5.41) is 7.81. The maximum absolute atomic E-state index is 5.46. The topological polar surface area (TPSA) is 52.0 Å². The highest BCUT2D eigenvalue weighted by Gasteiger charge is 2.11. The largest absolute Gasteiger partial charge is 0.496 e. The third-order valence-corrected chi connectivity index (χ3v) is 3.59. The highest BCUT2D eigenvalue weighted by Crippen LogP contribution is 2.24. The molecule has 5 nitrogen and oxygen atoms in total. The summed E-state index contributed by atoms with van der Waals surface area (Å²) >= 11 is 0. The molecule has 114 valence electrons. The van der Waals surface area contributed by atoms with E-state index in [1.54, 1.807) is 7.11 Å². The summed E-state index contributed by atoms with van der Waals surface area (Å²) in [6, 6.07) is 2.05. The summed E-state index contributed by atoms with van der Waals surface area (Å²) in [5.41, 5.74) is 4.31. The van der Waals surface area contributed by atoms with Gasteiger partial charge in [-0.3, -0.25) is 9.67 Å². The van der Waals surface area contributed by atoms with Gasteiger partial charge in [-0.2, -0.15) is 5.10 Å². The normalized spacial score (nSPS) is 10.9. The Bertz CT molecular complexity index is 592. The number of hydrogen-bond donors (Lipinski definition) is 1. The van der Waals surface area contributed by atoms with Gasteiger partial charge in [0, 0.05) is 30.1 Å². The zero-order valence-electron chi connectivity index (χ0n) is 13.3. The molecule has 0 aromatic carbocycles. The maximum Gasteiger partial charge on any atom is 0.128 e.